The van der Waals surface area contributed by atoms with E-state index in [4.69, 9.17) is 5.73 Å². The van der Waals surface area contributed by atoms with Gasteiger partial charge in [0.05, 0.1) is 5.52 Å². The van der Waals surface area contributed by atoms with Crippen molar-refractivity contribution in [2.75, 3.05) is 0 Å². The summed E-state index contributed by atoms with van der Waals surface area (Å²) in [5, 5.41) is 4.04. The Kier molecular flexibility index (Phi) is 3.27. The molecule has 90 valence electrons. The highest BCUT2D eigenvalue weighted by molar-refractivity contribution is 8.01. The Labute approximate surface area is 113 Å². The highest BCUT2D eigenvalue weighted by Crippen LogP contribution is 2.30. The SMILES string of the molecule is NCc1cc(Sc2nccs2)nc2ccccc12. The van der Waals surface area contributed by atoms with Gasteiger partial charge in [0.15, 0.2) is 4.34 Å². The summed E-state index contributed by atoms with van der Waals surface area (Å²) in [6.45, 7) is 0.522. The lowest BCUT2D eigenvalue weighted by atomic mass is 10.1. The minimum atomic E-state index is 0.522. The van der Waals surface area contributed by atoms with E-state index in [0.29, 0.717) is 6.54 Å². The van der Waals surface area contributed by atoms with Crippen LogP contribution in [-0.4, -0.2) is 9.97 Å². The molecule has 3 aromatic rings. The number of para-hydroxylation sites is 1. The molecule has 1 aromatic carbocycles. The minimum Gasteiger partial charge on any atom is -0.326 e. The van der Waals surface area contributed by atoms with Crippen molar-refractivity contribution in [2.45, 2.75) is 15.9 Å². The zero-order valence-electron chi connectivity index (χ0n) is 9.54. The molecule has 0 aliphatic heterocycles. The Bertz CT molecular complexity index is 665. The van der Waals surface area contributed by atoms with Crippen molar-refractivity contribution in [1.82, 2.24) is 9.97 Å². The Hall–Kier alpha value is -1.43. The lowest BCUT2D eigenvalue weighted by Gasteiger charge is -2.06. The Morgan fingerprint density at radius 2 is 2.17 bits per heavy atom. The molecule has 2 N–H and O–H groups in total. The first-order chi connectivity index (χ1) is 8.86. The average Bonchev–Trinajstić information content (AvgIpc) is 2.90. The van der Waals surface area contributed by atoms with Crippen LogP contribution in [0, 0.1) is 0 Å². The number of thiazole rings is 1. The van der Waals surface area contributed by atoms with Crippen LogP contribution in [0.1, 0.15) is 5.56 Å². The number of aromatic nitrogens is 2. The van der Waals surface area contributed by atoms with Crippen LogP contribution in [0.5, 0.6) is 0 Å². The quantitative estimate of drug-likeness (QED) is 0.795. The summed E-state index contributed by atoms with van der Waals surface area (Å²) in [5.41, 5.74) is 7.92. The Balaban J connectivity index is 2.08. The zero-order valence-corrected chi connectivity index (χ0v) is 11.2. The van der Waals surface area contributed by atoms with Gasteiger partial charge >= 0.3 is 0 Å². The molecule has 0 aliphatic rings. The van der Waals surface area contributed by atoms with Crippen LogP contribution in [0.3, 0.4) is 0 Å². The van der Waals surface area contributed by atoms with E-state index in [1.165, 1.54) is 0 Å². The maximum atomic E-state index is 5.81. The van der Waals surface area contributed by atoms with E-state index in [1.807, 2.05) is 23.6 Å². The Morgan fingerprint density at radius 1 is 1.28 bits per heavy atom. The molecule has 2 aromatic heterocycles. The maximum Gasteiger partial charge on any atom is 0.156 e. The topological polar surface area (TPSA) is 51.8 Å². The smallest absolute Gasteiger partial charge is 0.156 e. The third-order valence-corrected chi connectivity index (χ3v) is 4.40. The van der Waals surface area contributed by atoms with Crippen molar-refractivity contribution in [3.8, 4) is 0 Å². The van der Waals surface area contributed by atoms with E-state index in [0.717, 1.165) is 25.8 Å². The number of rotatable bonds is 3. The molecule has 0 fully saturated rings. The minimum absolute atomic E-state index is 0.522. The van der Waals surface area contributed by atoms with Crippen LogP contribution in [0.4, 0.5) is 0 Å². The van der Waals surface area contributed by atoms with Crippen LogP contribution in [0.15, 0.2) is 51.3 Å². The fraction of sp³-hybridized carbons (Fsp3) is 0.0769. The van der Waals surface area contributed by atoms with Crippen molar-refractivity contribution in [2.24, 2.45) is 5.73 Å². The predicted molar refractivity (Wildman–Crippen MR) is 75.9 cm³/mol. The second kappa shape index (κ2) is 5.06. The highest BCUT2D eigenvalue weighted by atomic mass is 32.2. The molecule has 5 heteroatoms. The zero-order chi connectivity index (χ0) is 12.4. The lowest BCUT2D eigenvalue weighted by molar-refractivity contribution is 1.05. The summed E-state index contributed by atoms with van der Waals surface area (Å²) in [6.07, 6.45) is 1.80. The first-order valence-corrected chi connectivity index (χ1v) is 7.22. The van der Waals surface area contributed by atoms with Gasteiger partial charge in [-0.1, -0.05) is 18.2 Å². The van der Waals surface area contributed by atoms with Gasteiger partial charge < -0.3 is 5.73 Å². The van der Waals surface area contributed by atoms with Gasteiger partial charge in [-0.15, -0.1) is 11.3 Å². The molecule has 0 atom stereocenters. The van der Waals surface area contributed by atoms with Crippen LogP contribution in [-0.2, 0) is 6.54 Å². The molecular weight excluding hydrogens is 262 g/mol. The van der Waals surface area contributed by atoms with Gasteiger partial charge in [-0.05, 0) is 29.5 Å². The lowest BCUT2D eigenvalue weighted by Crippen LogP contribution is -1.99. The van der Waals surface area contributed by atoms with Gasteiger partial charge in [0, 0.05) is 23.5 Å². The van der Waals surface area contributed by atoms with E-state index >= 15 is 0 Å². The van der Waals surface area contributed by atoms with Crippen LogP contribution in [0.25, 0.3) is 10.9 Å². The molecule has 0 bridgehead atoms. The number of nitrogens with zero attached hydrogens (tertiary/aromatic N) is 2. The molecule has 2 heterocycles. The molecule has 0 saturated heterocycles. The standard InChI is InChI=1S/C13H11N3S2/c14-8-9-7-12(18-13-15-5-6-17-13)16-11-4-2-1-3-10(9)11/h1-7H,8,14H2. The number of benzene rings is 1. The normalized spacial score (nSPS) is 10.9. The van der Waals surface area contributed by atoms with Gasteiger partial charge in [0.1, 0.15) is 5.03 Å². The van der Waals surface area contributed by atoms with E-state index in [1.54, 1.807) is 29.3 Å². The summed E-state index contributed by atoms with van der Waals surface area (Å²) >= 11 is 3.20. The average molecular weight is 273 g/mol. The van der Waals surface area contributed by atoms with Crippen LogP contribution >= 0.6 is 23.1 Å². The van der Waals surface area contributed by atoms with Crippen molar-refractivity contribution in [1.29, 1.82) is 0 Å². The molecule has 18 heavy (non-hydrogen) atoms. The van der Waals surface area contributed by atoms with Crippen LogP contribution in [0.2, 0.25) is 0 Å². The molecule has 0 spiro atoms. The van der Waals surface area contributed by atoms with Gasteiger partial charge in [-0.25, -0.2) is 9.97 Å². The van der Waals surface area contributed by atoms with E-state index in [9.17, 15) is 0 Å². The largest absolute Gasteiger partial charge is 0.326 e. The van der Waals surface area contributed by atoms with E-state index in [2.05, 4.69) is 22.1 Å². The molecule has 3 rings (SSSR count). The van der Waals surface area contributed by atoms with Gasteiger partial charge in [0.2, 0.25) is 0 Å². The van der Waals surface area contributed by atoms with Crippen molar-refractivity contribution in [3.05, 3.63) is 47.5 Å². The predicted octanol–water partition coefficient (Wildman–Crippen LogP) is 3.30. The van der Waals surface area contributed by atoms with Crippen molar-refractivity contribution >= 4 is 34.0 Å². The summed E-state index contributed by atoms with van der Waals surface area (Å²) in [6, 6.07) is 10.1. The number of nitrogens with two attached hydrogens (primary N) is 1. The highest BCUT2D eigenvalue weighted by Gasteiger charge is 2.06. The van der Waals surface area contributed by atoms with Gasteiger partial charge in [0.25, 0.3) is 0 Å². The van der Waals surface area contributed by atoms with Crippen molar-refractivity contribution < 1.29 is 0 Å². The summed E-state index contributed by atoms with van der Waals surface area (Å²) in [4.78, 5) is 8.89. The number of hydrogen-bond donors (Lipinski definition) is 1. The first-order valence-electron chi connectivity index (χ1n) is 5.53. The molecule has 0 saturated carbocycles. The fourth-order valence-corrected chi connectivity index (χ4v) is 3.40. The second-order valence-electron chi connectivity index (χ2n) is 3.74. The maximum absolute atomic E-state index is 5.81. The first kappa shape index (κ1) is 11.6. The molecule has 0 unspecified atom stereocenters. The van der Waals surface area contributed by atoms with Gasteiger partial charge in [-0.2, -0.15) is 0 Å². The third-order valence-electron chi connectivity index (χ3n) is 2.60. The number of fused-ring (bicyclic) bond motifs is 1. The molecule has 3 nitrogen and oxygen atoms in total. The van der Waals surface area contributed by atoms with Crippen LogP contribution < -0.4 is 5.73 Å². The molecule has 0 aliphatic carbocycles. The molecule has 0 radical (unpaired) electrons. The van der Waals surface area contributed by atoms with E-state index < -0.39 is 0 Å². The van der Waals surface area contributed by atoms with E-state index in [-0.39, 0.29) is 0 Å². The summed E-state index contributed by atoms with van der Waals surface area (Å²) in [5.74, 6) is 0. The summed E-state index contributed by atoms with van der Waals surface area (Å²) in [7, 11) is 0. The molecular formula is C13H11N3S2. The monoisotopic (exact) mass is 273 g/mol. The second-order valence-corrected chi connectivity index (χ2v) is 5.90. The Morgan fingerprint density at radius 3 is 2.94 bits per heavy atom. The number of pyridine rings is 1. The fourth-order valence-electron chi connectivity index (χ4n) is 1.79. The molecule has 0 amide bonds. The van der Waals surface area contributed by atoms with Crippen molar-refractivity contribution in [3.63, 3.8) is 0 Å². The third kappa shape index (κ3) is 2.25. The van der Waals surface area contributed by atoms with Gasteiger partial charge in [-0.3, -0.25) is 0 Å². The number of hydrogen-bond acceptors (Lipinski definition) is 5. The summed E-state index contributed by atoms with van der Waals surface area (Å²) < 4.78 is 1.00.